The zero-order valence-corrected chi connectivity index (χ0v) is 17.4. The first kappa shape index (κ1) is 21.1. The monoisotopic (exact) mass is 388 g/mol. The molecule has 2 aliphatic carbocycles. The molecule has 0 N–H and O–H groups in total. The van der Waals surface area contributed by atoms with Crippen molar-refractivity contribution in [3.05, 3.63) is 53.1 Å². The van der Waals surface area contributed by atoms with E-state index in [1.54, 1.807) is 24.6 Å². The van der Waals surface area contributed by atoms with Crippen LogP contribution >= 0.6 is 0 Å². The minimum Gasteiger partial charge on any atom is -0.491 e. The van der Waals surface area contributed by atoms with E-state index in [1.165, 1.54) is 25.7 Å². The highest BCUT2D eigenvalue weighted by Gasteiger charge is 2.25. The second kappa shape index (κ2) is 10.2. The van der Waals surface area contributed by atoms with Crippen LogP contribution in [0.15, 0.2) is 35.9 Å². The number of benzene rings is 1. The van der Waals surface area contributed by atoms with Gasteiger partial charge in [0.2, 0.25) is 5.82 Å². The van der Waals surface area contributed by atoms with Crippen LogP contribution in [0.3, 0.4) is 0 Å². The van der Waals surface area contributed by atoms with Gasteiger partial charge in [-0.3, -0.25) is 0 Å². The van der Waals surface area contributed by atoms with Crippen LogP contribution in [-0.2, 0) is 0 Å². The van der Waals surface area contributed by atoms with Crippen molar-refractivity contribution in [1.82, 2.24) is 0 Å². The molecular formula is C25H34F2O. The summed E-state index contributed by atoms with van der Waals surface area (Å²) in [6.07, 6.45) is 17.2. The van der Waals surface area contributed by atoms with Crippen molar-refractivity contribution in [3.8, 4) is 5.75 Å². The van der Waals surface area contributed by atoms with Crippen LogP contribution in [-0.4, -0.2) is 6.61 Å². The predicted octanol–water partition coefficient (Wildman–Crippen LogP) is 7.72. The molecule has 0 aromatic heterocycles. The SMILES string of the molecule is CCOc1ccc(C2CCC(/C=C/CCC3=CCC(C)CC3)CC2)c(F)c1F. The summed E-state index contributed by atoms with van der Waals surface area (Å²) < 4.78 is 33.7. The van der Waals surface area contributed by atoms with E-state index in [-0.39, 0.29) is 11.7 Å². The molecular weight excluding hydrogens is 354 g/mol. The third kappa shape index (κ3) is 5.46. The molecule has 28 heavy (non-hydrogen) atoms. The molecule has 0 radical (unpaired) electrons. The Morgan fingerprint density at radius 3 is 2.54 bits per heavy atom. The van der Waals surface area contributed by atoms with Gasteiger partial charge in [-0.1, -0.05) is 36.8 Å². The second-order valence-corrected chi connectivity index (χ2v) is 8.53. The van der Waals surface area contributed by atoms with Crippen molar-refractivity contribution in [3.63, 3.8) is 0 Å². The molecule has 1 aromatic carbocycles. The molecule has 154 valence electrons. The smallest absolute Gasteiger partial charge is 0.200 e. The third-order valence-electron chi connectivity index (χ3n) is 6.40. The number of allylic oxidation sites excluding steroid dienone is 4. The maximum absolute atomic E-state index is 14.4. The van der Waals surface area contributed by atoms with Crippen LogP contribution in [0, 0.1) is 23.5 Å². The number of halogens is 2. The molecule has 0 amide bonds. The summed E-state index contributed by atoms with van der Waals surface area (Å²) in [6.45, 7) is 4.44. The summed E-state index contributed by atoms with van der Waals surface area (Å²) in [5.41, 5.74) is 2.14. The Balaban J connectivity index is 1.46. The number of rotatable bonds is 7. The molecule has 1 saturated carbocycles. The first-order valence-electron chi connectivity index (χ1n) is 11.0. The van der Waals surface area contributed by atoms with Gasteiger partial charge in [-0.25, -0.2) is 4.39 Å². The van der Waals surface area contributed by atoms with Crippen LogP contribution in [0.4, 0.5) is 8.78 Å². The Hall–Kier alpha value is -1.64. The quantitative estimate of drug-likeness (QED) is 0.434. The Morgan fingerprint density at radius 2 is 1.86 bits per heavy atom. The van der Waals surface area contributed by atoms with Crippen LogP contribution in [0.1, 0.15) is 83.1 Å². The largest absolute Gasteiger partial charge is 0.491 e. The van der Waals surface area contributed by atoms with E-state index in [0.717, 1.165) is 38.0 Å². The normalized spacial score (nSPS) is 25.7. The molecule has 1 aromatic rings. The van der Waals surface area contributed by atoms with Gasteiger partial charge < -0.3 is 4.74 Å². The average molecular weight is 389 g/mol. The highest BCUT2D eigenvalue weighted by atomic mass is 19.2. The van der Waals surface area contributed by atoms with E-state index < -0.39 is 11.6 Å². The molecule has 1 unspecified atom stereocenters. The highest BCUT2D eigenvalue weighted by molar-refractivity contribution is 5.33. The van der Waals surface area contributed by atoms with Crippen LogP contribution in [0.2, 0.25) is 0 Å². The molecule has 1 atom stereocenters. The predicted molar refractivity (Wildman–Crippen MR) is 112 cm³/mol. The lowest BCUT2D eigenvalue weighted by molar-refractivity contribution is 0.310. The summed E-state index contributed by atoms with van der Waals surface area (Å²) in [5.74, 6) is -0.00436. The lowest BCUT2D eigenvalue weighted by atomic mass is 9.78. The summed E-state index contributed by atoms with van der Waals surface area (Å²) in [4.78, 5) is 0. The molecule has 0 heterocycles. The topological polar surface area (TPSA) is 9.23 Å². The molecule has 1 fully saturated rings. The second-order valence-electron chi connectivity index (χ2n) is 8.53. The van der Waals surface area contributed by atoms with Gasteiger partial charge in [0.25, 0.3) is 0 Å². The molecule has 0 spiro atoms. The fourth-order valence-electron chi connectivity index (χ4n) is 4.56. The van der Waals surface area contributed by atoms with Gasteiger partial charge in [-0.15, -0.1) is 0 Å². The van der Waals surface area contributed by atoms with Crippen LogP contribution in [0.25, 0.3) is 0 Å². The van der Waals surface area contributed by atoms with Gasteiger partial charge in [0.05, 0.1) is 6.61 Å². The van der Waals surface area contributed by atoms with Crippen molar-refractivity contribution in [2.75, 3.05) is 6.61 Å². The van der Waals surface area contributed by atoms with Gasteiger partial charge in [0.15, 0.2) is 11.6 Å². The van der Waals surface area contributed by atoms with Gasteiger partial charge in [0.1, 0.15) is 0 Å². The average Bonchev–Trinajstić information content (AvgIpc) is 2.71. The van der Waals surface area contributed by atoms with Gasteiger partial charge in [0, 0.05) is 0 Å². The van der Waals surface area contributed by atoms with E-state index >= 15 is 0 Å². The minimum atomic E-state index is -0.840. The lowest BCUT2D eigenvalue weighted by Gasteiger charge is -2.27. The summed E-state index contributed by atoms with van der Waals surface area (Å²) in [7, 11) is 0. The van der Waals surface area contributed by atoms with E-state index in [2.05, 4.69) is 25.2 Å². The molecule has 0 aliphatic heterocycles. The third-order valence-corrected chi connectivity index (χ3v) is 6.40. The Morgan fingerprint density at radius 1 is 1.07 bits per heavy atom. The van der Waals surface area contributed by atoms with Crippen LogP contribution in [0.5, 0.6) is 5.75 Å². The number of ether oxygens (including phenoxy) is 1. The van der Waals surface area contributed by atoms with E-state index in [4.69, 9.17) is 4.74 Å². The van der Waals surface area contributed by atoms with Crippen LogP contribution < -0.4 is 4.74 Å². The lowest BCUT2D eigenvalue weighted by Crippen LogP contribution is -2.14. The molecule has 2 aliphatic rings. The van der Waals surface area contributed by atoms with E-state index in [9.17, 15) is 8.78 Å². The zero-order valence-electron chi connectivity index (χ0n) is 17.4. The van der Waals surface area contributed by atoms with E-state index in [1.807, 2.05) is 0 Å². The highest BCUT2D eigenvalue weighted by Crippen LogP contribution is 2.39. The molecule has 3 heteroatoms. The fraction of sp³-hybridized carbons (Fsp3) is 0.600. The van der Waals surface area contributed by atoms with Gasteiger partial charge in [-0.05, 0) is 94.1 Å². The Kier molecular flexibility index (Phi) is 7.70. The Labute approximate surface area is 168 Å². The fourth-order valence-corrected chi connectivity index (χ4v) is 4.56. The first-order chi connectivity index (χ1) is 13.6. The Bertz CT molecular complexity index is 699. The minimum absolute atomic E-state index is 0.0166. The maximum Gasteiger partial charge on any atom is 0.200 e. The van der Waals surface area contributed by atoms with Crippen molar-refractivity contribution in [2.24, 2.45) is 11.8 Å². The van der Waals surface area contributed by atoms with Crippen molar-refractivity contribution >= 4 is 0 Å². The maximum atomic E-state index is 14.4. The van der Waals surface area contributed by atoms with E-state index in [0.29, 0.717) is 18.1 Å². The van der Waals surface area contributed by atoms with Crippen molar-refractivity contribution in [1.29, 1.82) is 0 Å². The first-order valence-corrected chi connectivity index (χ1v) is 11.0. The van der Waals surface area contributed by atoms with Gasteiger partial charge in [-0.2, -0.15) is 4.39 Å². The molecule has 3 rings (SSSR count). The molecule has 0 saturated heterocycles. The van der Waals surface area contributed by atoms with Crippen molar-refractivity contribution in [2.45, 2.75) is 77.6 Å². The number of hydrogen-bond acceptors (Lipinski definition) is 1. The molecule has 0 bridgehead atoms. The summed E-state index contributed by atoms with van der Waals surface area (Å²) in [5, 5.41) is 0. The molecule has 1 nitrogen and oxygen atoms in total. The zero-order chi connectivity index (χ0) is 19.9. The van der Waals surface area contributed by atoms with Crippen molar-refractivity contribution < 1.29 is 13.5 Å². The van der Waals surface area contributed by atoms with Gasteiger partial charge >= 0.3 is 0 Å². The standard InChI is InChI=1S/C25H34F2O/c1-3-28-23-17-16-22(24(26)25(23)27)21-14-12-20(13-15-21)7-5-4-6-19-10-8-18(2)9-11-19/h5,7,10,16-18,20-21H,3-4,6,8-9,11-15H2,1-2H3/b7-5+. The number of hydrogen-bond donors (Lipinski definition) is 0. The summed E-state index contributed by atoms with van der Waals surface area (Å²) in [6, 6.07) is 3.28. The summed E-state index contributed by atoms with van der Waals surface area (Å²) >= 11 is 0.